The van der Waals surface area contributed by atoms with E-state index in [2.05, 4.69) is 21.2 Å². The lowest BCUT2D eigenvalue weighted by atomic mass is 9.88. The van der Waals surface area contributed by atoms with Crippen molar-refractivity contribution in [3.05, 3.63) is 64.1 Å². The molecule has 3 rings (SSSR count). The second kappa shape index (κ2) is 11.3. The van der Waals surface area contributed by atoms with Crippen LogP contribution in [-0.2, 0) is 11.3 Å². The van der Waals surface area contributed by atoms with Crippen molar-refractivity contribution >= 4 is 33.4 Å². The summed E-state index contributed by atoms with van der Waals surface area (Å²) in [5, 5.41) is 3.02. The van der Waals surface area contributed by atoms with Gasteiger partial charge in [-0.2, -0.15) is 0 Å². The summed E-state index contributed by atoms with van der Waals surface area (Å²) >= 11 is 3.44. The van der Waals surface area contributed by atoms with Crippen molar-refractivity contribution in [3.8, 4) is 0 Å². The van der Waals surface area contributed by atoms with E-state index >= 15 is 0 Å². The van der Waals surface area contributed by atoms with E-state index in [1.54, 1.807) is 6.07 Å². The number of amides is 2. The zero-order valence-corrected chi connectivity index (χ0v) is 18.9. The fraction of sp³-hybridized carbons (Fsp3) is 0.417. The Labute approximate surface area is 187 Å². The number of para-hydroxylation sites is 1. The van der Waals surface area contributed by atoms with Crippen LogP contribution in [0.1, 0.15) is 54.4 Å². The number of hydrogen-bond acceptors (Lipinski definition) is 3. The zero-order chi connectivity index (χ0) is 21.3. The van der Waals surface area contributed by atoms with Crippen LogP contribution in [-0.4, -0.2) is 29.8 Å². The molecule has 0 aromatic heterocycles. The molecule has 0 saturated heterocycles. The molecule has 2 aromatic rings. The number of rotatable bonds is 8. The minimum atomic E-state index is -0.179. The maximum absolute atomic E-state index is 13.2. The first-order chi connectivity index (χ1) is 14.6. The maximum Gasteiger partial charge on any atom is 0.256 e. The number of benzene rings is 2. The minimum absolute atomic E-state index is 0.110. The zero-order valence-electron chi connectivity index (χ0n) is 17.3. The molecule has 2 amide bonds. The molecule has 1 aliphatic carbocycles. The Hall–Kier alpha value is -2.18. The van der Waals surface area contributed by atoms with Crippen molar-refractivity contribution in [1.29, 1.82) is 0 Å². The molecule has 30 heavy (non-hydrogen) atoms. The van der Waals surface area contributed by atoms with Gasteiger partial charge in [0.2, 0.25) is 5.91 Å². The van der Waals surface area contributed by atoms with Crippen molar-refractivity contribution in [2.24, 2.45) is 11.7 Å². The topological polar surface area (TPSA) is 75.4 Å². The summed E-state index contributed by atoms with van der Waals surface area (Å²) in [4.78, 5) is 27.9. The summed E-state index contributed by atoms with van der Waals surface area (Å²) in [6.07, 6.45) is 6.18. The average Bonchev–Trinajstić information content (AvgIpc) is 2.78. The van der Waals surface area contributed by atoms with E-state index in [1.165, 1.54) is 6.42 Å². The molecule has 0 spiro atoms. The van der Waals surface area contributed by atoms with E-state index in [1.807, 2.05) is 47.4 Å². The van der Waals surface area contributed by atoms with Gasteiger partial charge in [-0.15, -0.1) is 0 Å². The molecule has 160 valence electrons. The molecule has 0 aliphatic heterocycles. The van der Waals surface area contributed by atoms with Crippen molar-refractivity contribution in [2.45, 2.75) is 45.1 Å². The highest BCUT2D eigenvalue weighted by Gasteiger charge is 2.26. The number of halogens is 1. The molecule has 0 bridgehead atoms. The van der Waals surface area contributed by atoms with Gasteiger partial charge in [-0.05, 0) is 65.5 Å². The summed E-state index contributed by atoms with van der Waals surface area (Å²) in [7, 11) is 0. The lowest BCUT2D eigenvalue weighted by Gasteiger charge is -2.30. The van der Waals surface area contributed by atoms with Crippen LogP contribution in [0, 0.1) is 5.92 Å². The predicted octanol–water partition coefficient (Wildman–Crippen LogP) is 4.96. The van der Waals surface area contributed by atoms with Crippen LogP contribution in [0.3, 0.4) is 0 Å². The minimum Gasteiger partial charge on any atom is -0.338 e. The number of nitrogens with two attached hydrogens (primary N) is 1. The van der Waals surface area contributed by atoms with Crippen LogP contribution in [0.25, 0.3) is 0 Å². The van der Waals surface area contributed by atoms with E-state index in [0.29, 0.717) is 25.2 Å². The lowest BCUT2D eigenvalue weighted by molar-refractivity contribution is -0.137. The molecule has 1 saturated carbocycles. The fourth-order valence-electron chi connectivity index (χ4n) is 3.98. The van der Waals surface area contributed by atoms with Gasteiger partial charge in [-0.1, -0.05) is 49.6 Å². The van der Waals surface area contributed by atoms with E-state index in [-0.39, 0.29) is 17.7 Å². The van der Waals surface area contributed by atoms with Gasteiger partial charge in [0.25, 0.3) is 5.91 Å². The number of carbonyl (C=O) groups is 2. The first-order valence-electron chi connectivity index (χ1n) is 10.7. The highest BCUT2D eigenvalue weighted by atomic mass is 79.9. The first kappa shape index (κ1) is 22.5. The molecular formula is C24H30BrN3O2. The molecule has 5 nitrogen and oxygen atoms in total. The summed E-state index contributed by atoms with van der Waals surface area (Å²) in [6, 6.07) is 15.0. The number of nitrogens with one attached hydrogen (secondary N) is 1. The molecule has 1 fully saturated rings. The third-order valence-electron chi connectivity index (χ3n) is 5.64. The summed E-state index contributed by atoms with van der Waals surface area (Å²) in [6.45, 7) is 1.66. The number of nitrogens with zero attached hydrogens (tertiary/aromatic N) is 1. The average molecular weight is 472 g/mol. The first-order valence-corrected chi connectivity index (χ1v) is 11.5. The Morgan fingerprint density at radius 2 is 1.73 bits per heavy atom. The Bertz CT molecular complexity index is 865. The third kappa shape index (κ3) is 5.92. The Morgan fingerprint density at radius 1 is 1.03 bits per heavy atom. The van der Waals surface area contributed by atoms with E-state index in [4.69, 9.17) is 5.73 Å². The van der Waals surface area contributed by atoms with Crippen molar-refractivity contribution in [1.82, 2.24) is 4.90 Å². The quantitative estimate of drug-likeness (QED) is 0.571. The summed E-state index contributed by atoms with van der Waals surface area (Å²) in [5.74, 6) is 0.149. The molecule has 6 heteroatoms. The van der Waals surface area contributed by atoms with Gasteiger partial charge in [0.05, 0.1) is 5.56 Å². The van der Waals surface area contributed by atoms with Crippen molar-refractivity contribution in [2.75, 3.05) is 18.4 Å². The van der Waals surface area contributed by atoms with Gasteiger partial charge in [-0.25, -0.2) is 0 Å². The fourth-order valence-corrected chi connectivity index (χ4v) is 4.44. The predicted molar refractivity (Wildman–Crippen MR) is 124 cm³/mol. The normalized spacial score (nSPS) is 14.3. The third-order valence-corrected chi connectivity index (χ3v) is 6.33. The SMILES string of the molecule is NCCCN(Cc1ccccc1NC(=O)c1ccccc1Br)C(=O)C1CCCCC1. The van der Waals surface area contributed by atoms with E-state index in [0.717, 1.165) is 47.8 Å². The molecule has 0 atom stereocenters. The van der Waals surface area contributed by atoms with Crippen LogP contribution < -0.4 is 11.1 Å². The number of anilines is 1. The van der Waals surface area contributed by atoms with Crippen molar-refractivity contribution < 1.29 is 9.59 Å². The monoisotopic (exact) mass is 471 g/mol. The van der Waals surface area contributed by atoms with E-state index < -0.39 is 0 Å². The van der Waals surface area contributed by atoms with Crippen molar-refractivity contribution in [3.63, 3.8) is 0 Å². The molecule has 0 unspecified atom stereocenters. The number of carbonyl (C=O) groups excluding carboxylic acids is 2. The van der Waals surface area contributed by atoms with Gasteiger partial charge >= 0.3 is 0 Å². The summed E-state index contributed by atoms with van der Waals surface area (Å²) in [5.41, 5.74) is 7.96. The molecular weight excluding hydrogens is 442 g/mol. The standard InChI is InChI=1S/C24H30BrN3O2/c25-21-13-6-5-12-20(21)23(29)27-22-14-7-4-11-19(22)17-28(16-8-15-26)24(30)18-9-2-1-3-10-18/h4-7,11-14,18H,1-3,8-10,15-17,26H2,(H,27,29). The Kier molecular flexibility index (Phi) is 8.46. The van der Waals surface area contributed by atoms with Gasteiger partial charge in [-0.3, -0.25) is 9.59 Å². The Morgan fingerprint density at radius 3 is 2.47 bits per heavy atom. The van der Waals surface area contributed by atoms with Gasteiger partial charge in [0.15, 0.2) is 0 Å². The van der Waals surface area contributed by atoms with Gasteiger partial charge < -0.3 is 16.0 Å². The Balaban J connectivity index is 1.77. The molecule has 0 radical (unpaired) electrons. The van der Waals surface area contributed by atoms with Crippen LogP contribution >= 0.6 is 15.9 Å². The van der Waals surface area contributed by atoms with Crippen LogP contribution in [0.5, 0.6) is 0 Å². The van der Waals surface area contributed by atoms with Crippen LogP contribution in [0.15, 0.2) is 53.0 Å². The maximum atomic E-state index is 13.2. The highest BCUT2D eigenvalue weighted by Crippen LogP contribution is 2.27. The molecule has 3 N–H and O–H groups in total. The largest absolute Gasteiger partial charge is 0.338 e. The second-order valence-electron chi connectivity index (χ2n) is 7.83. The number of hydrogen-bond donors (Lipinski definition) is 2. The molecule has 2 aromatic carbocycles. The molecule has 0 heterocycles. The lowest BCUT2D eigenvalue weighted by Crippen LogP contribution is -2.38. The highest BCUT2D eigenvalue weighted by molar-refractivity contribution is 9.10. The van der Waals surface area contributed by atoms with Crippen LogP contribution in [0.4, 0.5) is 5.69 Å². The second-order valence-corrected chi connectivity index (χ2v) is 8.68. The van der Waals surface area contributed by atoms with Gasteiger partial charge in [0, 0.05) is 29.2 Å². The van der Waals surface area contributed by atoms with E-state index in [9.17, 15) is 9.59 Å². The summed E-state index contributed by atoms with van der Waals surface area (Å²) < 4.78 is 0.747. The smallest absolute Gasteiger partial charge is 0.256 e. The molecule has 1 aliphatic rings. The van der Waals surface area contributed by atoms with Gasteiger partial charge in [0.1, 0.15) is 0 Å². The van der Waals surface area contributed by atoms with Crippen LogP contribution in [0.2, 0.25) is 0 Å².